The topological polar surface area (TPSA) is 29.1 Å². The fraction of sp³-hybridized carbons (Fsp3) is 0.222. The summed E-state index contributed by atoms with van der Waals surface area (Å²) in [6.45, 7) is 0. The number of carbonyl (C=O) groups is 1. The molecule has 0 aliphatic carbocycles. The highest BCUT2D eigenvalue weighted by Gasteiger charge is 2.06. The molecule has 0 unspecified atom stereocenters. The maximum Gasteiger partial charge on any atom is 0.225 e. The van der Waals surface area contributed by atoms with Gasteiger partial charge in [0.25, 0.3) is 0 Å². The van der Waals surface area contributed by atoms with E-state index in [1.54, 1.807) is 0 Å². The van der Waals surface area contributed by atoms with Gasteiger partial charge < -0.3 is 5.32 Å². The van der Waals surface area contributed by atoms with Gasteiger partial charge >= 0.3 is 0 Å². The lowest BCUT2D eigenvalue weighted by Gasteiger charge is -2.05. The molecule has 1 aromatic carbocycles. The van der Waals surface area contributed by atoms with Gasteiger partial charge in [0.15, 0.2) is 0 Å². The molecule has 0 aromatic heterocycles. The van der Waals surface area contributed by atoms with E-state index in [1.807, 2.05) is 0 Å². The van der Waals surface area contributed by atoms with E-state index >= 15 is 0 Å². The summed E-state index contributed by atoms with van der Waals surface area (Å²) >= 11 is 8.67. The molecule has 1 amide bonds. The summed E-state index contributed by atoms with van der Waals surface area (Å²) < 4.78 is 13.1. The van der Waals surface area contributed by atoms with Gasteiger partial charge in [0.05, 0.1) is 5.69 Å². The zero-order chi connectivity index (χ0) is 10.6. The molecule has 76 valence electrons. The van der Waals surface area contributed by atoms with Crippen LogP contribution < -0.4 is 5.32 Å². The highest BCUT2D eigenvalue weighted by Crippen LogP contribution is 2.18. The molecule has 1 N–H and O–H groups in total. The first-order valence-electron chi connectivity index (χ1n) is 3.94. The molecule has 0 aliphatic rings. The van der Waals surface area contributed by atoms with E-state index in [0.717, 1.165) is 6.07 Å². The third-order valence-corrected chi connectivity index (χ3v) is 2.16. The SMILES string of the molecule is O=C(CCBr)Nc1ccc(Cl)cc1F. The number of rotatable bonds is 3. The maximum atomic E-state index is 13.1. The molecule has 0 heterocycles. The molecule has 0 saturated carbocycles. The lowest BCUT2D eigenvalue weighted by molar-refractivity contribution is -0.115. The molecule has 5 heteroatoms. The predicted molar refractivity (Wildman–Crippen MR) is 58.5 cm³/mol. The van der Waals surface area contributed by atoms with E-state index in [-0.39, 0.29) is 11.6 Å². The fourth-order valence-corrected chi connectivity index (χ4v) is 1.41. The molecule has 0 spiro atoms. The number of nitrogens with one attached hydrogen (secondary N) is 1. The summed E-state index contributed by atoms with van der Waals surface area (Å²) in [6.07, 6.45) is 0.308. The largest absolute Gasteiger partial charge is 0.324 e. The molecular weight excluding hydrogens is 272 g/mol. The van der Waals surface area contributed by atoms with E-state index in [9.17, 15) is 9.18 Å². The van der Waals surface area contributed by atoms with Gasteiger partial charge in [-0.05, 0) is 18.2 Å². The molecule has 0 aliphatic heterocycles. The van der Waals surface area contributed by atoms with Crippen LogP contribution in [0.2, 0.25) is 5.02 Å². The van der Waals surface area contributed by atoms with Crippen LogP contribution in [0.15, 0.2) is 18.2 Å². The standard InChI is InChI=1S/C9H8BrClFNO/c10-4-3-9(14)13-8-2-1-6(11)5-7(8)12/h1-2,5H,3-4H2,(H,13,14). The molecule has 0 bridgehead atoms. The van der Waals surface area contributed by atoms with Gasteiger partial charge in [-0.15, -0.1) is 0 Å². The van der Waals surface area contributed by atoms with Gasteiger partial charge in [0.2, 0.25) is 5.91 Å². The number of alkyl halides is 1. The smallest absolute Gasteiger partial charge is 0.225 e. The Morgan fingerprint density at radius 1 is 1.57 bits per heavy atom. The van der Waals surface area contributed by atoms with Crippen LogP contribution in [-0.4, -0.2) is 11.2 Å². The van der Waals surface area contributed by atoms with Crippen LogP contribution in [-0.2, 0) is 4.79 Å². The van der Waals surface area contributed by atoms with E-state index in [4.69, 9.17) is 11.6 Å². The average Bonchev–Trinajstić information content (AvgIpc) is 2.10. The Morgan fingerprint density at radius 2 is 2.29 bits per heavy atom. The highest BCUT2D eigenvalue weighted by atomic mass is 79.9. The monoisotopic (exact) mass is 279 g/mol. The van der Waals surface area contributed by atoms with E-state index in [1.165, 1.54) is 12.1 Å². The van der Waals surface area contributed by atoms with Crippen LogP contribution in [0, 0.1) is 5.82 Å². The molecule has 14 heavy (non-hydrogen) atoms. The van der Waals surface area contributed by atoms with Gasteiger partial charge in [-0.1, -0.05) is 27.5 Å². The van der Waals surface area contributed by atoms with Crippen LogP contribution in [0.25, 0.3) is 0 Å². The van der Waals surface area contributed by atoms with Crippen molar-refractivity contribution in [1.82, 2.24) is 0 Å². The predicted octanol–water partition coefficient (Wildman–Crippen LogP) is 3.20. The Kier molecular flexibility index (Phi) is 4.35. The highest BCUT2D eigenvalue weighted by molar-refractivity contribution is 9.09. The van der Waals surface area contributed by atoms with Crippen LogP contribution in [0.3, 0.4) is 0 Å². The Bertz CT molecular complexity index is 346. The third kappa shape index (κ3) is 3.27. The Balaban J connectivity index is 2.72. The summed E-state index contributed by atoms with van der Waals surface area (Å²) in [5.41, 5.74) is 0.153. The summed E-state index contributed by atoms with van der Waals surface area (Å²) in [7, 11) is 0. The minimum absolute atomic E-state index is 0.153. The second-order valence-corrected chi connectivity index (χ2v) is 3.84. The fourth-order valence-electron chi connectivity index (χ4n) is 0.889. The van der Waals surface area contributed by atoms with Crippen LogP contribution >= 0.6 is 27.5 Å². The Labute approximate surface area is 94.6 Å². The zero-order valence-corrected chi connectivity index (χ0v) is 9.53. The van der Waals surface area contributed by atoms with Crippen molar-refractivity contribution in [2.75, 3.05) is 10.6 Å². The van der Waals surface area contributed by atoms with Crippen molar-refractivity contribution in [3.63, 3.8) is 0 Å². The summed E-state index contributed by atoms with van der Waals surface area (Å²) in [5, 5.41) is 3.29. The van der Waals surface area contributed by atoms with Crippen LogP contribution in [0.5, 0.6) is 0 Å². The lowest BCUT2D eigenvalue weighted by atomic mass is 10.3. The van der Waals surface area contributed by atoms with Gasteiger partial charge in [-0.2, -0.15) is 0 Å². The zero-order valence-electron chi connectivity index (χ0n) is 7.19. The van der Waals surface area contributed by atoms with Crippen molar-refractivity contribution in [3.8, 4) is 0 Å². The first-order chi connectivity index (χ1) is 6.63. The number of hydrogen-bond acceptors (Lipinski definition) is 1. The second kappa shape index (κ2) is 5.32. The molecule has 0 atom stereocenters. The number of carbonyl (C=O) groups excluding carboxylic acids is 1. The molecule has 2 nitrogen and oxygen atoms in total. The molecule has 1 rings (SSSR count). The summed E-state index contributed by atoms with van der Waals surface area (Å²) in [5.74, 6) is -0.761. The Hall–Kier alpha value is -0.610. The quantitative estimate of drug-likeness (QED) is 0.847. The second-order valence-electron chi connectivity index (χ2n) is 2.61. The van der Waals surface area contributed by atoms with Gasteiger partial charge in [-0.3, -0.25) is 4.79 Å². The average molecular weight is 281 g/mol. The summed E-state index contributed by atoms with van der Waals surface area (Å²) in [4.78, 5) is 11.1. The minimum Gasteiger partial charge on any atom is -0.324 e. The van der Waals surface area contributed by atoms with Crippen molar-refractivity contribution in [1.29, 1.82) is 0 Å². The van der Waals surface area contributed by atoms with Crippen LogP contribution in [0.4, 0.5) is 10.1 Å². The normalized spacial score (nSPS) is 9.93. The molecule has 0 fully saturated rings. The number of benzene rings is 1. The van der Waals surface area contributed by atoms with E-state index in [0.29, 0.717) is 16.8 Å². The first kappa shape index (κ1) is 11.5. The summed E-state index contributed by atoms with van der Waals surface area (Å²) in [6, 6.07) is 4.11. The van der Waals surface area contributed by atoms with Crippen molar-refractivity contribution >= 4 is 39.1 Å². The lowest BCUT2D eigenvalue weighted by Crippen LogP contribution is -2.12. The molecule has 0 saturated heterocycles. The number of halogens is 3. The van der Waals surface area contributed by atoms with E-state index in [2.05, 4.69) is 21.2 Å². The third-order valence-electron chi connectivity index (χ3n) is 1.53. The van der Waals surface area contributed by atoms with Gasteiger partial charge in [0, 0.05) is 16.8 Å². The minimum atomic E-state index is -0.527. The van der Waals surface area contributed by atoms with Crippen molar-refractivity contribution in [2.45, 2.75) is 6.42 Å². The molecule has 0 radical (unpaired) electrons. The van der Waals surface area contributed by atoms with Crippen LogP contribution in [0.1, 0.15) is 6.42 Å². The van der Waals surface area contributed by atoms with Crippen molar-refractivity contribution in [2.24, 2.45) is 0 Å². The molecular formula is C9H8BrClFNO. The van der Waals surface area contributed by atoms with E-state index < -0.39 is 5.82 Å². The van der Waals surface area contributed by atoms with Crippen molar-refractivity contribution in [3.05, 3.63) is 29.0 Å². The van der Waals surface area contributed by atoms with Gasteiger partial charge in [-0.25, -0.2) is 4.39 Å². The number of anilines is 1. The number of hydrogen-bond donors (Lipinski definition) is 1. The number of amides is 1. The van der Waals surface area contributed by atoms with Gasteiger partial charge in [0.1, 0.15) is 5.82 Å². The Morgan fingerprint density at radius 3 is 2.86 bits per heavy atom. The molecule has 1 aromatic rings. The van der Waals surface area contributed by atoms with Crippen molar-refractivity contribution < 1.29 is 9.18 Å². The first-order valence-corrected chi connectivity index (χ1v) is 5.44. The maximum absolute atomic E-state index is 13.1.